The quantitative estimate of drug-likeness (QED) is 0.829. The van der Waals surface area contributed by atoms with Gasteiger partial charge in [-0.25, -0.2) is 4.98 Å². The lowest BCUT2D eigenvalue weighted by Gasteiger charge is -2.10. The van der Waals surface area contributed by atoms with Gasteiger partial charge in [-0.2, -0.15) is 0 Å². The number of nitrogens with one attached hydrogen (secondary N) is 1. The standard InChI is InChI=1S/C13H12BrClN2O2/c1-19-11-5-8(4-10(14)13(11)18)7-17-9-2-3-16-12(15)6-9/h2-6,18H,7H2,1H3,(H,16,17). The van der Waals surface area contributed by atoms with E-state index in [4.69, 9.17) is 16.3 Å². The largest absolute Gasteiger partial charge is 0.503 e. The number of anilines is 1. The van der Waals surface area contributed by atoms with Crippen LogP contribution < -0.4 is 10.1 Å². The highest BCUT2D eigenvalue weighted by Gasteiger charge is 2.08. The molecule has 19 heavy (non-hydrogen) atoms. The summed E-state index contributed by atoms with van der Waals surface area (Å²) in [6, 6.07) is 7.18. The maximum Gasteiger partial charge on any atom is 0.172 e. The Balaban J connectivity index is 2.13. The minimum atomic E-state index is 0.0956. The van der Waals surface area contributed by atoms with Crippen molar-refractivity contribution in [1.82, 2.24) is 4.98 Å². The lowest BCUT2D eigenvalue weighted by atomic mass is 10.2. The number of phenolic OH excluding ortho intramolecular Hbond substituents is 1. The van der Waals surface area contributed by atoms with E-state index in [9.17, 15) is 5.11 Å². The number of benzene rings is 1. The van der Waals surface area contributed by atoms with Gasteiger partial charge in [0.25, 0.3) is 0 Å². The highest BCUT2D eigenvalue weighted by molar-refractivity contribution is 9.10. The highest BCUT2D eigenvalue weighted by atomic mass is 79.9. The van der Waals surface area contributed by atoms with Gasteiger partial charge in [-0.15, -0.1) is 0 Å². The molecule has 1 aromatic heterocycles. The van der Waals surface area contributed by atoms with Gasteiger partial charge >= 0.3 is 0 Å². The maximum atomic E-state index is 9.73. The van der Waals surface area contributed by atoms with Crippen LogP contribution in [0.2, 0.25) is 5.15 Å². The molecule has 1 aromatic carbocycles. The average molecular weight is 344 g/mol. The molecule has 0 bridgehead atoms. The number of methoxy groups -OCH3 is 1. The lowest BCUT2D eigenvalue weighted by molar-refractivity contribution is 0.371. The predicted octanol–water partition coefficient (Wildman–Crippen LogP) is 3.82. The Morgan fingerprint density at radius 3 is 2.89 bits per heavy atom. The number of rotatable bonds is 4. The van der Waals surface area contributed by atoms with Crippen LogP contribution in [0.15, 0.2) is 34.9 Å². The lowest BCUT2D eigenvalue weighted by Crippen LogP contribution is -2.00. The smallest absolute Gasteiger partial charge is 0.172 e. The van der Waals surface area contributed by atoms with Crippen molar-refractivity contribution >= 4 is 33.2 Å². The van der Waals surface area contributed by atoms with Crippen LogP contribution in [-0.4, -0.2) is 17.2 Å². The molecule has 0 spiro atoms. The first-order valence-corrected chi connectivity index (χ1v) is 6.68. The fraction of sp³-hybridized carbons (Fsp3) is 0.154. The zero-order valence-corrected chi connectivity index (χ0v) is 12.5. The summed E-state index contributed by atoms with van der Waals surface area (Å²) in [6.07, 6.45) is 1.64. The van der Waals surface area contributed by atoms with Gasteiger partial charge in [-0.3, -0.25) is 0 Å². The van der Waals surface area contributed by atoms with Crippen molar-refractivity contribution in [3.8, 4) is 11.5 Å². The molecule has 4 nitrogen and oxygen atoms in total. The van der Waals surface area contributed by atoms with Crippen LogP contribution in [0.5, 0.6) is 11.5 Å². The van der Waals surface area contributed by atoms with Crippen LogP contribution in [0, 0.1) is 0 Å². The summed E-state index contributed by atoms with van der Waals surface area (Å²) in [5.74, 6) is 0.525. The summed E-state index contributed by atoms with van der Waals surface area (Å²) in [5, 5.41) is 13.4. The molecule has 0 aliphatic heterocycles. The van der Waals surface area contributed by atoms with Crippen LogP contribution in [0.1, 0.15) is 5.56 Å². The van der Waals surface area contributed by atoms with E-state index in [2.05, 4.69) is 26.2 Å². The minimum Gasteiger partial charge on any atom is -0.503 e. The molecular formula is C13H12BrClN2O2. The Morgan fingerprint density at radius 1 is 1.42 bits per heavy atom. The fourth-order valence-electron chi connectivity index (χ4n) is 1.60. The van der Waals surface area contributed by atoms with E-state index < -0.39 is 0 Å². The number of nitrogens with zero attached hydrogens (tertiary/aromatic N) is 1. The zero-order valence-electron chi connectivity index (χ0n) is 10.2. The van der Waals surface area contributed by atoms with Crippen molar-refractivity contribution in [3.63, 3.8) is 0 Å². The molecule has 0 saturated heterocycles. The summed E-state index contributed by atoms with van der Waals surface area (Å²) in [6.45, 7) is 0.579. The molecule has 0 aliphatic carbocycles. The molecule has 6 heteroatoms. The molecule has 0 amide bonds. The molecule has 100 valence electrons. The number of aromatic hydroxyl groups is 1. The van der Waals surface area contributed by atoms with Crippen molar-refractivity contribution in [2.45, 2.75) is 6.54 Å². The predicted molar refractivity (Wildman–Crippen MR) is 78.9 cm³/mol. The van der Waals surface area contributed by atoms with Crippen LogP contribution in [0.3, 0.4) is 0 Å². The van der Waals surface area contributed by atoms with Gasteiger partial charge in [0.05, 0.1) is 11.6 Å². The molecule has 0 aliphatic rings. The summed E-state index contributed by atoms with van der Waals surface area (Å²) in [4.78, 5) is 3.91. The fourth-order valence-corrected chi connectivity index (χ4v) is 2.26. The van der Waals surface area contributed by atoms with Crippen LogP contribution in [0.4, 0.5) is 5.69 Å². The molecule has 0 fully saturated rings. The first-order valence-electron chi connectivity index (χ1n) is 5.51. The molecule has 0 atom stereocenters. The Morgan fingerprint density at radius 2 is 2.21 bits per heavy atom. The molecule has 2 rings (SSSR count). The van der Waals surface area contributed by atoms with E-state index in [-0.39, 0.29) is 5.75 Å². The summed E-state index contributed by atoms with van der Waals surface area (Å²) >= 11 is 9.10. The van der Waals surface area contributed by atoms with Gasteiger partial charge in [-0.05, 0) is 45.8 Å². The van der Waals surface area contributed by atoms with Crippen molar-refractivity contribution in [2.75, 3.05) is 12.4 Å². The molecule has 1 heterocycles. The van der Waals surface area contributed by atoms with E-state index in [1.807, 2.05) is 12.1 Å². The Hall–Kier alpha value is -1.46. The van der Waals surface area contributed by atoms with Crippen molar-refractivity contribution < 1.29 is 9.84 Å². The van der Waals surface area contributed by atoms with E-state index in [1.165, 1.54) is 7.11 Å². The number of halogens is 2. The third kappa shape index (κ3) is 3.52. The van der Waals surface area contributed by atoms with Gasteiger partial charge in [-0.1, -0.05) is 11.6 Å². The van der Waals surface area contributed by atoms with E-state index in [1.54, 1.807) is 18.3 Å². The number of aromatic nitrogens is 1. The zero-order chi connectivity index (χ0) is 13.8. The molecule has 2 N–H and O–H groups in total. The van der Waals surface area contributed by atoms with Gasteiger partial charge in [0.15, 0.2) is 11.5 Å². The van der Waals surface area contributed by atoms with E-state index in [0.717, 1.165) is 11.3 Å². The third-order valence-corrected chi connectivity index (χ3v) is 3.34. The number of hydrogen-bond donors (Lipinski definition) is 2. The van der Waals surface area contributed by atoms with Crippen molar-refractivity contribution in [3.05, 3.63) is 45.7 Å². The Bertz CT molecular complexity index is 593. The molecular weight excluding hydrogens is 332 g/mol. The van der Waals surface area contributed by atoms with Crippen LogP contribution >= 0.6 is 27.5 Å². The summed E-state index contributed by atoms with van der Waals surface area (Å²) in [7, 11) is 1.52. The second-order valence-corrected chi connectivity index (χ2v) is 5.09. The maximum absolute atomic E-state index is 9.73. The first kappa shape index (κ1) is 14.0. The number of ether oxygens (including phenoxy) is 1. The Kier molecular flexibility index (Phi) is 4.50. The molecule has 0 saturated carbocycles. The van der Waals surface area contributed by atoms with Crippen LogP contribution in [0.25, 0.3) is 0 Å². The molecule has 0 radical (unpaired) electrons. The monoisotopic (exact) mass is 342 g/mol. The number of pyridine rings is 1. The SMILES string of the molecule is COc1cc(CNc2ccnc(Cl)c2)cc(Br)c1O. The van der Waals surface area contributed by atoms with E-state index in [0.29, 0.717) is 21.9 Å². The van der Waals surface area contributed by atoms with Crippen LogP contribution in [-0.2, 0) is 6.54 Å². The van der Waals surface area contributed by atoms with Gasteiger partial charge in [0, 0.05) is 18.4 Å². The highest BCUT2D eigenvalue weighted by Crippen LogP contribution is 2.35. The third-order valence-electron chi connectivity index (χ3n) is 2.53. The summed E-state index contributed by atoms with van der Waals surface area (Å²) in [5.41, 5.74) is 1.85. The Labute approximate surface area is 124 Å². The number of hydrogen-bond acceptors (Lipinski definition) is 4. The summed E-state index contributed by atoms with van der Waals surface area (Å²) < 4.78 is 5.69. The van der Waals surface area contributed by atoms with Crippen molar-refractivity contribution in [1.29, 1.82) is 0 Å². The van der Waals surface area contributed by atoms with E-state index >= 15 is 0 Å². The number of phenols is 1. The van der Waals surface area contributed by atoms with Gasteiger partial charge < -0.3 is 15.2 Å². The normalized spacial score (nSPS) is 10.3. The van der Waals surface area contributed by atoms with Crippen molar-refractivity contribution in [2.24, 2.45) is 0 Å². The second-order valence-electron chi connectivity index (χ2n) is 3.85. The average Bonchev–Trinajstić information content (AvgIpc) is 2.40. The van der Waals surface area contributed by atoms with Gasteiger partial charge in [0.2, 0.25) is 0 Å². The molecule has 2 aromatic rings. The second kappa shape index (κ2) is 6.12. The van der Waals surface area contributed by atoms with Gasteiger partial charge in [0.1, 0.15) is 5.15 Å². The molecule has 0 unspecified atom stereocenters. The topological polar surface area (TPSA) is 54.4 Å². The first-order chi connectivity index (χ1) is 9.10. The minimum absolute atomic E-state index is 0.0956.